The van der Waals surface area contributed by atoms with Crippen LogP contribution in [0.4, 0.5) is 0 Å². The molecular formula is C16H27N3O2. The molecule has 2 unspecified atom stereocenters. The van der Waals surface area contributed by atoms with Crippen molar-refractivity contribution >= 4 is 5.97 Å². The molecule has 0 aromatic heterocycles. The Labute approximate surface area is 126 Å². The molecule has 1 saturated heterocycles. The normalized spacial score (nSPS) is 38.8. The molecular weight excluding hydrogens is 266 g/mol. The van der Waals surface area contributed by atoms with Crippen molar-refractivity contribution < 1.29 is 9.90 Å². The Kier molecular flexibility index (Phi) is 3.47. The first-order valence-corrected chi connectivity index (χ1v) is 8.65. The Morgan fingerprint density at radius 2 is 1.57 bits per heavy atom. The zero-order valence-electron chi connectivity index (χ0n) is 12.8. The number of hydrogen-bond acceptors (Lipinski definition) is 4. The zero-order valence-corrected chi connectivity index (χ0v) is 12.8. The maximum atomic E-state index is 11.8. The molecule has 0 radical (unpaired) electrons. The Morgan fingerprint density at radius 3 is 2.10 bits per heavy atom. The van der Waals surface area contributed by atoms with Gasteiger partial charge >= 0.3 is 5.97 Å². The quantitative estimate of drug-likeness (QED) is 0.788. The minimum atomic E-state index is -0.639. The zero-order chi connectivity index (χ0) is 14.4. The molecule has 0 bridgehead atoms. The summed E-state index contributed by atoms with van der Waals surface area (Å²) in [5.41, 5.74) is -0.639. The van der Waals surface area contributed by atoms with Crippen molar-refractivity contribution in [2.45, 2.75) is 68.6 Å². The maximum Gasteiger partial charge on any atom is 0.323 e. The highest BCUT2D eigenvalue weighted by Gasteiger charge is 2.49. The summed E-state index contributed by atoms with van der Waals surface area (Å²) < 4.78 is 0. The molecule has 4 fully saturated rings. The molecule has 2 N–H and O–H groups in total. The van der Waals surface area contributed by atoms with Crippen molar-refractivity contribution in [3.63, 3.8) is 0 Å². The Bertz CT molecular complexity index is 414. The minimum absolute atomic E-state index is 0.464. The van der Waals surface area contributed by atoms with Gasteiger partial charge in [-0.05, 0) is 44.9 Å². The number of carbonyl (C=O) groups is 1. The van der Waals surface area contributed by atoms with Crippen molar-refractivity contribution in [1.82, 2.24) is 15.1 Å². The molecule has 5 nitrogen and oxygen atoms in total. The van der Waals surface area contributed by atoms with Crippen LogP contribution in [0.3, 0.4) is 0 Å². The van der Waals surface area contributed by atoms with E-state index in [1.807, 2.05) is 0 Å². The number of rotatable bonds is 5. The Hall–Kier alpha value is -0.650. The lowest BCUT2D eigenvalue weighted by molar-refractivity contribution is -0.145. The van der Waals surface area contributed by atoms with Gasteiger partial charge in [0.2, 0.25) is 0 Å². The molecule has 5 heteroatoms. The van der Waals surface area contributed by atoms with E-state index in [-0.39, 0.29) is 0 Å². The standard InChI is InChI=1S/C16H27N3O2/c20-15(21)16(17-12-1-2-12)6-5-14(11-16)19-9-7-18(8-10-19)13-3-4-13/h12-14,17H,1-11H2,(H,20,21). The number of carboxylic acid groups (broad SMARTS) is 1. The molecule has 1 heterocycles. The van der Waals surface area contributed by atoms with E-state index in [9.17, 15) is 9.90 Å². The Balaban J connectivity index is 1.35. The molecule has 0 aromatic rings. The summed E-state index contributed by atoms with van der Waals surface area (Å²) in [6.45, 7) is 4.61. The van der Waals surface area contributed by atoms with E-state index < -0.39 is 11.5 Å². The van der Waals surface area contributed by atoms with Crippen LogP contribution < -0.4 is 5.32 Å². The topological polar surface area (TPSA) is 55.8 Å². The van der Waals surface area contributed by atoms with Crippen LogP contribution in [0.1, 0.15) is 44.9 Å². The fraction of sp³-hybridized carbons (Fsp3) is 0.938. The first-order valence-electron chi connectivity index (χ1n) is 8.65. The van der Waals surface area contributed by atoms with Crippen molar-refractivity contribution in [3.8, 4) is 0 Å². The van der Waals surface area contributed by atoms with Crippen molar-refractivity contribution in [3.05, 3.63) is 0 Å². The number of hydrogen-bond donors (Lipinski definition) is 2. The van der Waals surface area contributed by atoms with Crippen molar-refractivity contribution in [2.75, 3.05) is 26.2 Å². The maximum absolute atomic E-state index is 11.8. The summed E-state index contributed by atoms with van der Waals surface area (Å²) in [7, 11) is 0. The van der Waals surface area contributed by atoms with Crippen LogP contribution in [0.25, 0.3) is 0 Å². The first kappa shape index (κ1) is 14.0. The second-order valence-corrected chi connectivity index (χ2v) is 7.51. The number of nitrogens with zero attached hydrogens (tertiary/aromatic N) is 2. The Morgan fingerprint density at radius 1 is 0.952 bits per heavy atom. The predicted octanol–water partition coefficient (Wildman–Crippen LogP) is 0.894. The molecule has 1 aliphatic heterocycles. The highest BCUT2D eigenvalue weighted by Crippen LogP contribution is 2.37. The van der Waals surface area contributed by atoms with Crippen molar-refractivity contribution in [2.24, 2.45) is 0 Å². The third-order valence-electron chi connectivity index (χ3n) is 5.88. The minimum Gasteiger partial charge on any atom is -0.480 e. The van der Waals surface area contributed by atoms with Gasteiger partial charge in [0, 0.05) is 44.3 Å². The highest BCUT2D eigenvalue weighted by molar-refractivity contribution is 5.79. The van der Waals surface area contributed by atoms with E-state index >= 15 is 0 Å². The smallest absolute Gasteiger partial charge is 0.323 e. The molecule has 3 saturated carbocycles. The molecule has 0 spiro atoms. The predicted molar refractivity (Wildman–Crippen MR) is 80.3 cm³/mol. The lowest BCUT2D eigenvalue weighted by Crippen LogP contribution is -2.54. The second kappa shape index (κ2) is 5.21. The van der Waals surface area contributed by atoms with Crippen LogP contribution in [-0.2, 0) is 4.79 Å². The molecule has 4 aliphatic rings. The van der Waals surface area contributed by atoms with E-state index in [0.717, 1.165) is 51.2 Å². The molecule has 118 valence electrons. The van der Waals surface area contributed by atoms with E-state index in [4.69, 9.17) is 0 Å². The fourth-order valence-electron chi connectivity index (χ4n) is 4.24. The largest absolute Gasteiger partial charge is 0.480 e. The SMILES string of the molecule is O=C(O)C1(NC2CC2)CCC(N2CCN(C3CC3)CC2)C1. The third-order valence-corrected chi connectivity index (χ3v) is 5.88. The number of aliphatic carboxylic acids is 1. The van der Waals surface area contributed by atoms with Gasteiger partial charge < -0.3 is 5.11 Å². The summed E-state index contributed by atoms with van der Waals surface area (Å²) in [5.74, 6) is -0.631. The second-order valence-electron chi connectivity index (χ2n) is 7.51. The highest BCUT2D eigenvalue weighted by atomic mass is 16.4. The number of nitrogens with one attached hydrogen (secondary N) is 1. The summed E-state index contributed by atoms with van der Waals surface area (Å²) >= 11 is 0. The lowest BCUT2D eigenvalue weighted by Gasteiger charge is -2.38. The average molecular weight is 293 g/mol. The van der Waals surface area contributed by atoms with Gasteiger partial charge in [-0.25, -0.2) is 0 Å². The average Bonchev–Trinajstić information content (AvgIpc) is 3.39. The molecule has 2 atom stereocenters. The summed E-state index contributed by atoms with van der Waals surface area (Å²) in [5, 5.41) is 13.1. The summed E-state index contributed by atoms with van der Waals surface area (Å²) in [6.07, 6.45) is 7.71. The van der Waals surface area contributed by atoms with Gasteiger partial charge in [0.05, 0.1) is 0 Å². The summed E-state index contributed by atoms with van der Waals surface area (Å²) in [6, 6.07) is 1.80. The number of piperazine rings is 1. The van der Waals surface area contributed by atoms with Crippen LogP contribution in [0.2, 0.25) is 0 Å². The van der Waals surface area contributed by atoms with Gasteiger partial charge in [0.25, 0.3) is 0 Å². The van der Waals surface area contributed by atoms with Gasteiger partial charge in [-0.2, -0.15) is 0 Å². The van der Waals surface area contributed by atoms with Crippen LogP contribution in [0.15, 0.2) is 0 Å². The van der Waals surface area contributed by atoms with E-state index in [0.29, 0.717) is 12.1 Å². The summed E-state index contributed by atoms with van der Waals surface area (Å²) in [4.78, 5) is 17.0. The van der Waals surface area contributed by atoms with Crippen LogP contribution >= 0.6 is 0 Å². The van der Waals surface area contributed by atoms with Crippen LogP contribution in [-0.4, -0.2) is 70.7 Å². The van der Waals surface area contributed by atoms with Gasteiger partial charge in [-0.3, -0.25) is 19.9 Å². The first-order chi connectivity index (χ1) is 10.2. The van der Waals surface area contributed by atoms with Crippen LogP contribution in [0, 0.1) is 0 Å². The van der Waals surface area contributed by atoms with Gasteiger partial charge in [0.1, 0.15) is 5.54 Å². The van der Waals surface area contributed by atoms with Gasteiger partial charge in [-0.1, -0.05) is 0 Å². The fourth-order valence-corrected chi connectivity index (χ4v) is 4.24. The van der Waals surface area contributed by atoms with Gasteiger partial charge in [-0.15, -0.1) is 0 Å². The number of carboxylic acids is 1. The molecule has 4 rings (SSSR count). The lowest BCUT2D eigenvalue weighted by atomic mass is 9.97. The van der Waals surface area contributed by atoms with E-state index in [2.05, 4.69) is 15.1 Å². The van der Waals surface area contributed by atoms with E-state index in [1.54, 1.807) is 0 Å². The third kappa shape index (κ3) is 2.83. The van der Waals surface area contributed by atoms with Gasteiger partial charge in [0.15, 0.2) is 0 Å². The van der Waals surface area contributed by atoms with E-state index in [1.165, 1.54) is 25.9 Å². The monoisotopic (exact) mass is 293 g/mol. The molecule has 3 aliphatic carbocycles. The molecule has 0 aromatic carbocycles. The van der Waals surface area contributed by atoms with Crippen molar-refractivity contribution in [1.29, 1.82) is 0 Å². The van der Waals surface area contributed by atoms with Crippen LogP contribution in [0.5, 0.6) is 0 Å². The molecule has 0 amide bonds. The molecule has 21 heavy (non-hydrogen) atoms.